The molecule has 0 unspecified atom stereocenters. The molecule has 0 saturated heterocycles. The third-order valence-electron chi connectivity index (χ3n) is 4.36. The van der Waals surface area contributed by atoms with Gasteiger partial charge >= 0.3 is 0 Å². The molecule has 0 amide bonds. The van der Waals surface area contributed by atoms with Gasteiger partial charge in [0.2, 0.25) is 0 Å². The highest BCUT2D eigenvalue weighted by Gasteiger charge is 2.33. The van der Waals surface area contributed by atoms with Crippen LogP contribution in [0.15, 0.2) is 42.7 Å². The number of hydrogen-bond donors (Lipinski definition) is 1. The molecule has 1 aliphatic carbocycles. The normalized spacial score (nSPS) is 17.1. The summed E-state index contributed by atoms with van der Waals surface area (Å²) in [4.78, 5) is 0. The van der Waals surface area contributed by atoms with Crippen LogP contribution in [0.5, 0.6) is 0 Å². The Morgan fingerprint density at radius 2 is 2.05 bits per heavy atom. The third kappa shape index (κ3) is 2.56. The number of aromatic nitrogens is 2. The van der Waals surface area contributed by atoms with E-state index in [4.69, 9.17) is 0 Å². The number of benzene rings is 1. The van der Waals surface area contributed by atoms with Crippen molar-refractivity contribution in [1.29, 1.82) is 0 Å². The highest BCUT2D eigenvalue weighted by molar-refractivity contribution is 5.33. The maximum Gasteiger partial charge on any atom is 0.0645 e. The monoisotopic (exact) mass is 255 g/mol. The summed E-state index contributed by atoms with van der Waals surface area (Å²) in [5.74, 6) is 0. The maximum absolute atomic E-state index is 4.24. The molecular weight excluding hydrogens is 234 g/mol. The zero-order valence-corrected chi connectivity index (χ0v) is 11.5. The number of nitrogens with zero attached hydrogens (tertiary/aromatic N) is 2. The summed E-state index contributed by atoms with van der Waals surface area (Å²) in [6, 6.07) is 10.6. The Bertz CT molecular complexity index is 504. The summed E-state index contributed by atoms with van der Waals surface area (Å²) < 4.78 is 1.89. The Morgan fingerprint density at radius 1 is 1.26 bits per heavy atom. The fourth-order valence-corrected chi connectivity index (χ4v) is 2.74. The molecule has 3 heteroatoms. The standard InChI is InChI=1S/C16H21N3/c1-2-16(9-3-10-16)17-13-14-5-7-15(8-6-14)19-12-4-11-18-19/h4-8,11-12,17H,2-3,9-10,13H2,1H3. The summed E-state index contributed by atoms with van der Waals surface area (Å²) in [5, 5.41) is 7.97. The minimum absolute atomic E-state index is 0.417. The van der Waals surface area contributed by atoms with Gasteiger partial charge in [0.05, 0.1) is 5.69 Å². The summed E-state index contributed by atoms with van der Waals surface area (Å²) in [6.45, 7) is 3.25. The van der Waals surface area contributed by atoms with E-state index in [2.05, 4.69) is 41.6 Å². The first kappa shape index (κ1) is 12.4. The van der Waals surface area contributed by atoms with E-state index in [0.717, 1.165) is 12.2 Å². The molecule has 0 aliphatic heterocycles. The lowest BCUT2D eigenvalue weighted by atomic mass is 9.75. The van der Waals surface area contributed by atoms with Crippen molar-refractivity contribution in [2.45, 2.75) is 44.7 Å². The first-order chi connectivity index (χ1) is 9.31. The minimum atomic E-state index is 0.417. The minimum Gasteiger partial charge on any atom is -0.307 e. The van der Waals surface area contributed by atoms with E-state index in [1.807, 2.05) is 16.9 Å². The largest absolute Gasteiger partial charge is 0.307 e. The van der Waals surface area contributed by atoms with Crippen LogP contribution in [0.3, 0.4) is 0 Å². The van der Waals surface area contributed by atoms with Gasteiger partial charge in [-0.2, -0.15) is 5.10 Å². The topological polar surface area (TPSA) is 29.9 Å². The van der Waals surface area contributed by atoms with Gasteiger partial charge < -0.3 is 5.32 Å². The fraction of sp³-hybridized carbons (Fsp3) is 0.438. The van der Waals surface area contributed by atoms with Crippen LogP contribution < -0.4 is 5.32 Å². The van der Waals surface area contributed by atoms with Crippen molar-refractivity contribution >= 4 is 0 Å². The molecule has 0 atom stereocenters. The van der Waals surface area contributed by atoms with Gasteiger partial charge in [-0.15, -0.1) is 0 Å². The molecule has 3 nitrogen and oxygen atoms in total. The van der Waals surface area contributed by atoms with Gasteiger partial charge in [-0.05, 0) is 49.4 Å². The Hall–Kier alpha value is -1.61. The van der Waals surface area contributed by atoms with Crippen LogP contribution in [-0.4, -0.2) is 15.3 Å². The van der Waals surface area contributed by atoms with Crippen LogP contribution in [0.1, 0.15) is 38.2 Å². The van der Waals surface area contributed by atoms with Crippen LogP contribution in [0, 0.1) is 0 Å². The Labute approximate surface area is 114 Å². The number of nitrogens with one attached hydrogen (secondary N) is 1. The second-order valence-corrected chi connectivity index (χ2v) is 5.46. The summed E-state index contributed by atoms with van der Waals surface area (Å²) in [7, 11) is 0. The number of hydrogen-bond acceptors (Lipinski definition) is 2. The molecule has 0 spiro atoms. The smallest absolute Gasteiger partial charge is 0.0645 e. The molecule has 0 radical (unpaired) electrons. The van der Waals surface area contributed by atoms with Crippen LogP contribution >= 0.6 is 0 Å². The first-order valence-electron chi connectivity index (χ1n) is 7.15. The van der Waals surface area contributed by atoms with Crippen LogP contribution in [0.4, 0.5) is 0 Å². The van der Waals surface area contributed by atoms with Crippen molar-refractivity contribution in [3.63, 3.8) is 0 Å². The molecule has 1 N–H and O–H groups in total. The van der Waals surface area contributed by atoms with E-state index in [1.54, 1.807) is 6.20 Å². The molecule has 3 rings (SSSR count). The van der Waals surface area contributed by atoms with Crippen LogP contribution in [0.25, 0.3) is 5.69 Å². The molecule has 2 aromatic rings. The van der Waals surface area contributed by atoms with E-state index < -0.39 is 0 Å². The maximum atomic E-state index is 4.24. The summed E-state index contributed by atoms with van der Waals surface area (Å²) >= 11 is 0. The zero-order valence-electron chi connectivity index (χ0n) is 11.5. The van der Waals surface area contributed by atoms with Crippen molar-refractivity contribution in [3.8, 4) is 5.69 Å². The van der Waals surface area contributed by atoms with Gasteiger partial charge in [-0.1, -0.05) is 19.1 Å². The SMILES string of the molecule is CCC1(NCc2ccc(-n3cccn3)cc2)CCC1. The molecule has 0 bridgehead atoms. The van der Waals surface area contributed by atoms with Gasteiger partial charge in [0.15, 0.2) is 0 Å². The van der Waals surface area contributed by atoms with E-state index >= 15 is 0 Å². The Morgan fingerprint density at radius 3 is 2.58 bits per heavy atom. The highest BCUT2D eigenvalue weighted by Crippen LogP contribution is 2.34. The lowest BCUT2D eigenvalue weighted by Crippen LogP contribution is -2.49. The van der Waals surface area contributed by atoms with Crippen molar-refractivity contribution in [2.24, 2.45) is 0 Å². The van der Waals surface area contributed by atoms with Gasteiger partial charge in [-0.3, -0.25) is 0 Å². The molecular formula is C16H21N3. The van der Waals surface area contributed by atoms with Gasteiger partial charge in [0.1, 0.15) is 0 Å². The molecule has 1 aliphatic rings. The second kappa shape index (κ2) is 5.17. The lowest BCUT2D eigenvalue weighted by Gasteiger charge is -2.42. The zero-order chi connectivity index (χ0) is 13.1. The molecule has 1 heterocycles. The molecule has 100 valence electrons. The highest BCUT2D eigenvalue weighted by atomic mass is 15.3. The van der Waals surface area contributed by atoms with Gasteiger partial charge in [0, 0.05) is 24.5 Å². The summed E-state index contributed by atoms with van der Waals surface area (Å²) in [5.41, 5.74) is 2.87. The van der Waals surface area contributed by atoms with E-state index in [0.29, 0.717) is 5.54 Å². The van der Waals surface area contributed by atoms with Gasteiger partial charge in [0.25, 0.3) is 0 Å². The van der Waals surface area contributed by atoms with Crippen molar-refractivity contribution < 1.29 is 0 Å². The molecule has 1 fully saturated rings. The van der Waals surface area contributed by atoms with Gasteiger partial charge in [-0.25, -0.2) is 4.68 Å². The van der Waals surface area contributed by atoms with Crippen LogP contribution in [0.2, 0.25) is 0 Å². The summed E-state index contributed by atoms with van der Waals surface area (Å²) in [6.07, 6.45) is 9.03. The van der Waals surface area contributed by atoms with Crippen LogP contribution in [-0.2, 0) is 6.54 Å². The molecule has 1 aromatic heterocycles. The molecule has 1 aromatic carbocycles. The second-order valence-electron chi connectivity index (χ2n) is 5.46. The lowest BCUT2D eigenvalue weighted by molar-refractivity contribution is 0.175. The van der Waals surface area contributed by atoms with Crippen molar-refractivity contribution in [1.82, 2.24) is 15.1 Å². The average molecular weight is 255 g/mol. The third-order valence-corrected chi connectivity index (χ3v) is 4.36. The predicted molar refractivity (Wildman–Crippen MR) is 77.3 cm³/mol. The average Bonchev–Trinajstić information content (AvgIpc) is 2.93. The fourth-order valence-electron chi connectivity index (χ4n) is 2.74. The van der Waals surface area contributed by atoms with E-state index in [-0.39, 0.29) is 0 Å². The quantitative estimate of drug-likeness (QED) is 0.888. The van der Waals surface area contributed by atoms with Crippen molar-refractivity contribution in [2.75, 3.05) is 0 Å². The predicted octanol–water partition coefficient (Wildman–Crippen LogP) is 3.29. The Balaban J connectivity index is 1.63. The Kier molecular flexibility index (Phi) is 3.38. The molecule has 19 heavy (non-hydrogen) atoms. The van der Waals surface area contributed by atoms with E-state index in [9.17, 15) is 0 Å². The number of rotatable bonds is 5. The van der Waals surface area contributed by atoms with Crippen molar-refractivity contribution in [3.05, 3.63) is 48.3 Å². The molecule has 1 saturated carbocycles. The van der Waals surface area contributed by atoms with E-state index in [1.165, 1.54) is 31.2 Å². The first-order valence-corrected chi connectivity index (χ1v) is 7.15.